The number of nitrogens with zero attached hydrogens (tertiary/aromatic N) is 2. The molecule has 1 aromatic carbocycles. The third kappa shape index (κ3) is 2.98. The molecule has 2 rings (SSSR count). The Morgan fingerprint density at radius 2 is 2.21 bits per heavy atom. The van der Waals surface area contributed by atoms with E-state index in [4.69, 9.17) is 0 Å². The lowest BCUT2D eigenvalue weighted by Gasteiger charge is -2.33. The van der Waals surface area contributed by atoms with E-state index in [1.54, 1.807) is 4.90 Å². The molecule has 1 aromatic rings. The Morgan fingerprint density at radius 1 is 1.47 bits per heavy atom. The molecule has 1 fully saturated rings. The molecule has 0 spiro atoms. The molecule has 0 aliphatic carbocycles. The number of hydrogen-bond donors (Lipinski definition) is 1. The highest BCUT2D eigenvalue weighted by Crippen LogP contribution is 2.34. The summed E-state index contributed by atoms with van der Waals surface area (Å²) in [4.78, 5) is 11.6. The van der Waals surface area contributed by atoms with E-state index in [0.29, 0.717) is 19.4 Å². The highest BCUT2D eigenvalue weighted by molar-refractivity contribution is 5.58. The Morgan fingerprint density at radius 3 is 2.79 bits per heavy atom. The van der Waals surface area contributed by atoms with Crippen LogP contribution in [0.1, 0.15) is 24.8 Å². The Balaban J connectivity index is 2.36. The lowest BCUT2D eigenvalue weighted by Crippen LogP contribution is -2.38. The van der Waals surface area contributed by atoms with Gasteiger partial charge >= 0.3 is 0 Å². The van der Waals surface area contributed by atoms with Gasteiger partial charge in [-0.3, -0.25) is 10.1 Å². The number of halogens is 2. The first-order valence-electron chi connectivity index (χ1n) is 5.98. The number of β-amino-alcohol motifs (C(OH)–C–C–N with tert-alkyl or cyclic N) is 1. The fourth-order valence-electron chi connectivity index (χ4n) is 2.29. The van der Waals surface area contributed by atoms with Gasteiger partial charge in [0.1, 0.15) is 0 Å². The highest BCUT2D eigenvalue weighted by Gasteiger charge is 2.24. The van der Waals surface area contributed by atoms with E-state index < -0.39 is 17.5 Å². The van der Waals surface area contributed by atoms with Gasteiger partial charge < -0.3 is 10.0 Å². The van der Waals surface area contributed by atoms with Crippen LogP contribution >= 0.6 is 0 Å². The summed E-state index contributed by atoms with van der Waals surface area (Å²) in [5, 5.41) is 20.2. The third-order valence-corrected chi connectivity index (χ3v) is 3.19. The number of aliphatic hydroxyl groups excluding tert-OH is 1. The second-order valence-electron chi connectivity index (χ2n) is 4.54. The molecule has 0 bridgehead atoms. The summed E-state index contributed by atoms with van der Waals surface area (Å²) < 4.78 is 26.0. The molecule has 1 heterocycles. The zero-order valence-electron chi connectivity index (χ0n) is 10.1. The van der Waals surface area contributed by atoms with E-state index in [9.17, 15) is 24.0 Å². The van der Waals surface area contributed by atoms with E-state index in [0.717, 1.165) is 6.07 Å². The number of anilines is 1. The number of rotatable bonds is 3. The van der Waals surface area contributed by atoms with Gasteiger partial charge in [-0.15, -0.1) is 0 Å². The van der Waals surface area contributed by atoms with Gasteiger partial charge in [0.25, 0.3) is 12.1 Å². The fraction of sp³-hybridized carbons (Fsp3) is 0.500. The van der Waals surface area contributed by atoms with E-state index in [1.165, 1.54) is 12.1 Å². The molecule has 5 nitrogen and oxygen atoms in total. The first kappa shape index (κ1) is 13.7. The van der Waals surface area contributed by atoms with Crippen molar-refractivity contribution in [2.24, 2.45) is 0 Å². The highest BCUT2D eigenvalue weighted by atomic mass is 19.3. The lowest BCUT2D eigenvalue weighted by atomic mass is 10.0. The molecule has 104 valence electrons. The summed E-state index contributed by atoms with van der Waals surface area (Å²) in [6.07, 6.45) is -1.97. The first-order chi connectivity index (χ1) is 8.99. The van der Waals surface area contributed by atoms with Crippen LogP contribution in [-0.4, -0.2) is 29.2 Å². The Hall–Kier alpha value is -1.76. The van der Waals surface area contributed by atoms with Gasteiger partial charge in [-0.05, 0) is 18.9 Å². The van der Waals surface area contributed by atoms with Gasteiger partial charge in [-0.2, -0.15) is 0 Å². The predicted octanol–water partition coefficient (Wildman–Crippen LogP) is 2.49. The minimum absolute atomic E-state index is 0.263. The minimum Gasteiger partial charge on any atom is -0.391 e. The van der Waals surface area contributed by atoms with Crippen LogP contribution in [0, 0.1) is 10.1 Å². The fourth-order valence-corrected chi connectivity index (χ4v) is 2.29. The van der Waals surface area contributed by atoms with Crippen LogP contribution in [0.5, 0.6) is 0 Å². The molecular formula is C12H14F2N2O3. The molecular weight excluding hydrogens is 258 g/mol. The van der Waals surface area contributed by atoms with Crippen molar-refractivity contribution in [1.29, 1.82) is 0 Å². The van der Waals surface area contributed by atoms with E-state index in [2.05, 4.69) is 0 Å². The number of hydrogen-bond acceptors (Lipinski definition) is 4. The standard InChI is InChI=1S/C12H14F2N2O3/c13-12(14)10-6-8(16(18)19)3-4-11(10)15-5-1-2-9(17)7-15/h3-4,6,9,12,17H,1-2,5,7H2. The van der Waals surface area contributed by atoms with Gasteiger partial charge in [0.2, 0.25) is 0 Å². The molecule has 1 aliphatic rings. The summed E-state index contributed by atoms with van der Waals surface area (Å²) in [7, 11) is 0. The van der Waals surface area contributed by atoms with E-state index in [-0.39, 0.29) is 23.5 Å². The third-order valence-electron chi connectivity index (χ3n) is 3.19. The molecule has 19 heavy (non-hydrogen) atoms. The predicted molar refractivity (Wildman–Crippen MR) is 65.5 cm³/mol. The van der Waals surface area contributed by atoms with Crippen LogP contribution in [0.15, 0.2) is 18.2 Å². The number of nitro groups is 1. The van der Waals surface area contributed by atoms with Crippen LogP contribution in [0.25, 0.3) is 0 Å². The van der Waals surface area contributed by atoms with E-state index in [1.807, 2.05) is 0 Å². The number of nitro benzene ring substituents is 1. The normalized spacial score (nSPS) is 19.8. The second kappa shape index (κ2) is 5.48. The summed E-state index contributed by atoms with van der Waals surface area (Å²) in [6, 6.07) is 3.45. The molecule has 1 saturated heterocycles. The SMILES string of the molecule is O=[N+]([O-])c1ccc(N2CCCC(O)C2)c(C(F)F)c1. The van der Waals surface area contributed by atoms with Crippen molar-refractivity contribution in [3.05, 3.63) is 33.9 Å². The maximum atomic E-state index is 13.0. The number of non-ortho nitro benzene ring substituents is 1. The van der Waals surface area contributed by atoms with Crippen molar-refractivity contribution in [3.8, 4) is 0 Å². The molecule has 0 saturated carbocycles. The second-order valence-corrected chi connectivity index (χ2v) is 4.54. The van der Waals surface area contributed by atoms with Gasteiger partial charge in [0, 0.05) is 36.5 Å². The van der Waals surface area contributed by atoms with Crippen molar-refractivity contribution in [3.63, 3.8) is 0 Å². The molecule has 0 amide bonds. The summed E-state index contributed by atoms with van der Waals surface area (Å²) in [5.74, 6) is 0. The molecule has 7 heteroatoms. The maximum absolute atomic E-state index is 13.0. The summed E-state index contributed by atoms with van der Waals surface area (Å²) in [6.45, 7) is 0.839. The minimum atomic E-state index is -2.78. The molecule has 1 unspecified atom stereocenters. The van der Waals surface area contributed by atoms with Crippen molar-refractivity contribution in [2.75, 3.05) is 18.0 Å². The first-order valence-corrected chi connectivity index (χ1v) is 5.98. The zero-order valence-corrected chi connectivity index (χ0v) is 10.1. The average molecular weight is 272 g/mol. The van der Waals surface area contributed by atoms with Crippen molar-refractivity contribution < 1.29 is 18.8 Å². The molecule has 1 N–H and O–H groups in total. The number of piperidine rings is 1. The monoisotopic (exact) mass is 272 g/mol. The van der Waals surface area contributed by atoms with Crippen molar-refractivity contribution >= 4 is 11.4 Å². The smallest absolute Gasteiger partial charge is 0.270 e. The van der Waals surface area contributed by atoms with Crippen molar-refractivity contribution in [2.45, 2.75) is 25.4 Å². The van der Waals surface area contributed by atoms with Crippen molar-refractivity contribution in [1.82, 2.24) is 0 Å². The van der Waals surface area contributed by atoms with Crippen LogP contribution in [0.4, 0.5) is 20.2 Å². The number of aliphatic hydroxyl groups is 1. The molecule has 0 radical (unpaired) electrons. The maximum Gasteiger partial charge on any atom is 0.270 e. The van der Waals surface area contributed by atoms with Gasteiger partial charge in [-0.25, -0.2) is 8.78 Å². The van der Waals surface area contributed by atoms with Crippen LogP contribution in [0.3, 0.4) is 0 Å². The molecule has 1 aliphatic heterocycles. The lowest BCUT2D eigenvalue weighted by molar-refractivity contribution is -0.385. The topological polar surface area (TPSA) is 66.6 Å². The van der Waals surface area contributed by atoms with Crippen LogP contribution in [0.2, 0.25) is 0 Å². The Labute approximate surface area is 108 Å². The molecule has 0 aromatic heterocycles. The average Bonchev–Trinajstić information content (AvgIpc) is 2.37. The van der Waals surface area contributed by atoms with Crippen LogP contribution < -0.4 is 4.90 Å². The number of benzene rings is 1. The van der Waals surface area contributed by atoms with E-state index >= 15 is 0 Å². The van der Waals surface area contributed by atoms with Crippen LogP contribution in [-0.2, 0) is 0 Å². The Bertz CT molecular complexity index is 482. The zero-order chi connectivity index (χ0) is 14.0. The Kier molecular flexibility index (Phi) is 3.94. The summed E-state index contributed by atoms with van der Waals surface area (Å²) >= 11 is 0. The quantitative estimate of drug-likeness (QED) is 0.678. The summed E-state index contributed by atoms with van der Waals surface area (Å²) in [5.41, 5.74) is -0.445. The number of alkyl halides is 2. The molecule has 1 atom stereocenters. The van der Waals surface area contributed by atoms with Gasteiger partial charge in [-0.1, -0.05) is 0 Å². The largest absolute Gasteiger partial charge is 0.391 e. The van der Waals surface area contributed by atoms with Gasteiger partial charge in [0.15, 0.2) is 0 Å². The van der Waals surface area contributed by atoms with Gasteiger partial charge in [0.05, 0.1) is 11.0 Å².